The Morgan fingerprint density at radius 1 is 1.06 bits per heavy atom. The Bertz CT molecular complexity index is 1380. The summed E-state index contributed by atoms with van der Waals surface area (Å²) in [5.41, 5.74) is -0.757. The van der Waals surface area contributed by atoms with Gasteiger partial charge in [-0.15, -0.1) is 0 Å². The van der Waals surface area contributed by atoms with E-state index in [9.17, 15) is 30.4 Å². The number of sulfonamides is 2. The lowest BCUT2D eigenvalue weighted by atomic mass is 10.1. The van der Waals surface area contributed by atoms with Crippen molar-refractivity contribution in [1.82, 2.24) is 13.6 Å². The fourth-order valence-electron chi connectivity index (χ4n) is 4.02. The minimum Gasteiger partial charge on any atom is -0.343 e. The molecule has 1 aliphatic heterocycles. The maximum absolute atomic E-state index is 15.1. The lowest BCUT2D eigenvalue weighted by Gasteiger charge is -2.33. The molecule has 2 aliphatic rings. The van der Waals surface area contributed by atoms with Gasteiger partial charge >= 0.3 is 0 Å². The monoisotopic (exact) mass is 534 g/mol. The summed E-state index contributed by atoms with van der Waals surface area (Å²) in [5, 5.41) is 2.21. The lowest BCUT2D eigenvalue weighted by molar-refractivity contribution is 0.101. The molecule has 1 saturated heterocycles. The molecule has 2 aromatic rings. The first-order valence-electron chi connectivity index (χ1n) is 10.9. The van der Waals surface area contributed by atoms with Gasteiger partial charge in [0.1, 0.15) is 10.6 Å². The Morgan fingerprint density at radius 3 is 2.26 bits per heavy atom. The van der Waals surface area contributed by atoms with E-state index in [-0.39, 0.29) is 31.6 Å². The number of carbonyl (C=O) groups is 1. The highest BCUT2D eigenvalue weighted by Crippen LogP contribution is 2.45. The third kappa shape index (κ3) is 4.84. The van der Waals surface area contributed by atoms with Crippen LogP contribution in [0.4, 0.5) is 18.9 Å². The number of aryl methyl sites for hydroxylation is 1. The summed E-state index contributed by atoms with van der Waals surface area (Å²) in [5.74, 6) is -4.70. The van der Waals surface area contributed by atoms with Gasteiger partial charge in [0.25, 0.3) is 5.91 Å². The first-order valence-corrected chi connectivity index (χ1v) is 13.8. The van der Waals surface area contributed by atoms with E-state index in [2.05, 4.69) is 10.0 Å². The first kappa shape index (κ1) is 25.7. The number of amides is 1. The Balaban J connectivity index is 1.46. The van der Waals surface area contributed by atoms with Crippen LogP contribution in [0.15, 0.2) is 29.3 Å². The second-order valence-corrected chi connectivity index (χ2v) is 13.2. The van der Waals surface area contributed by atoms with E-state index in [0.29, 0.717) is 18.9 Å². The Labute approximate surface area is 201 Å². The molecule has 192 valence electrons. The number of nitrogens with zero attached hydrogens (tertiary/aromatic N) is 2. The van der Waals surface area contributed by atoms with Crippen molar-refractivity contribution in [3.8, 4) is 0 Å². The second kappa shape index (κ2) is 8.91. The van der Waals surface area contributed by atoms with Crippen LogP contribution in [0.25, 0.3) is 0 Å². The third-order valence-electron chi connectivity index (χ3n) is 6.46. The van der Waals surface area contributed by atoms with Crippen LogP contribution in [-0.2, 0) is 27.1 Å². The van der Waals surface area contributed by atoms with Crippen LogP contribution in [-0.4, -0.2) is 55.5 Å². The smallest absolute Gasteiger partial charge is 0.275 e. The first-order chi connectivity index (χ1) is 16.2. The number of benzene rings is 1. The molecule has 9 nitrogen and oxygen atoms in total. The maximum Gasteiger partial charge on any atom is 0.275 e. The number of aromatic nitrogens is 1. The minimum absolute atomic E-state index is 0.140. The predicted octanol–water partition coefficient (Wildman–Crippen LogP) is 2.32. The quantitative estimate of drug-likeness (QED) is 0.566. The van der Waals surface area contributed by atoms with Crippen LogP contribution in [0.1, 0.15) is 43.1 Å². The summed E-state index contributed by atoms with van der Waals surface area (Å²) in [6, 6.07) is 1.96. The number of rotatable bonds is 7. The van der Waals surface area contributed by atoms with Crippen LogP contribution in [0.3, 0.4) is 0 Å². The summed E-state index contributed by atoms with van der Waals surface area (Å²) < 4.78 is 96.6. The van der Waals surface area contributed by atoms with Crippen molar-refractivity contribution in [3.05, 3.63) is 47.5 Å². The molecule has 1 aliphatic carbocycles. The van der Waals surface area contributed by atoms with Gasteiger partial charge in [-0.1, -0.05) is 0 Å². The van der Waals surface area contributed by atoms with E-state index < -0.39 is 64.8 Å². The number of anilines is 1. The predicted molar refractivity (Wildman–Crippen MR) is 121 cm³/mol. The normalized spacial score (nSPS) is 19.0. The molecule has 0 atom stereocenters. The number of piperidine rings is 1. The van der Waals surface area contributed by atoms with Gasteiger partial charge in [0.05, 0.1) is 4.75 Å². The van der Waals surface area contributed by atoms with E-state index in [1.165, 1.54) is 11.4 Å². The van der Waals surface area contributed by atoms with Gasteiger partial charge in [-0.2, -0.15) is 0 Å². The van der Waals surface area contributed by atoms with E-state index in [1.54, 1.807) is 6.92 Å². The highest BCUT2D eigenvalue weighted by Gasteiger charge is 2.53. The van der Waals surface area contributed by atoms with E-state index in [1.807, 2.05) is 0 Å². The summed E-state index contributed by atoms with van der Waals surface area (Å²) in [4.78, 5) is 11.8. The molecule has 14 heteroatoms. The van der Waals surface area contributed by atoms with Gasteiger partial charge in [0, 0.05) is 44.1 Å². The molecular weight excluding hydrogens is 509 g/mol. The molecule has 35 heavy (non-hydrogen) atoms. The fraction of sp³-hybridized carbons (Fsp3) is 0.476. The lowest BCUT2D eigenvalue weighted by Crippen LogP contribution is -2.48. The number of hydrogen-bond acceptors (Lipinski definition) is 5. The van der Waals surface area contributed by atoms with Crippen molar-refractivity contribution in [1.29, 1.82) is 0 Å². The van der Waals surface area contributed by atoms with Crippen LogP contribution in [0.2, 0.25) is 0 Å². The summed E-state index contributed by atoms with van der Waals surface area (Å²) in [7, 11) is -6.57. The zero-order chi connectivity index (χ0) is 25.8. The molecule has 1 saturated carbocycles. The molecule has 2 heterocycles. The fourth-order valence-corrected chi connectivity index (χ4v) is 7.39. The molecule has 1 aromatic heterocycles. The Kier molecular flexibility index (Phi) is 6.53. The molecule has 4 rings (SSSR count). The van der Waals surface area contributed by atoms with E-state index in [4.69, 9.17) is 0 Å². The Morgan fingerprint density at radius 2 is 1.69 bits per heavy atom. The molecule has 0 spiro atoms. The molecule has 0 radical (unpaired) electrons. The molecule has 1 aromatic carbocycles. The molecular formula is C21H25F3N4O5S2. The van der Waals surface area contributed by atoms with E-state index in [0.717, 1.165) is 22.9 Å². The van der Waals surface area contributed by atoms with Gasteiger partial charge < -0.3 is 9.88 Å². The zero-order valence-corrected chi connectivity index (χ0v) is 20.6. The van der Waals surface area contributed by atoms with Crippen molar-refractivity contribution in [2.45, 2.75) is 48.3 Å². The van der Waals surface area contributed by atoms with Gasteiger partial charge in [0.15, 0.2) is 17.5 Å². The van der Waals surface area contributed by atoms with Crippen LogP contribution >= 0.6 is 0 Å². The van der Waals surface area contributed by atoms with Gasteiger partial charge in [-0.05, 0) is 44.7 Å². The highest BCUT2D eigenvalue weighted by atomic mass is 32.2. The van der Waals surface area contributed by atoms with E-state index >= 15 is 4.39 Å². The summed E-state index contributed by atoms with van der Waals surface area (Å²) in [6.45, 7) is 1.98. The summed E-state index contributed by atoms with van der Waals surface area (Å²) in [6.07, 6.45) is 2.56. The average Bonchev–Trinajstić information content (AvgIpc) is 3.46. The number of nitrogens with one attached hydrogen (secondary N) is 2. The molecule has 1 amide bonds. The van der Waals surface area contributed by atoms with Gasteiger partial charge in [-0.25, -0.2) is 39.0 Å². The van der Waals surface area contributed by atoms with Crippen molar-refractivity contribution in [2.24, 2.45) is 7.05 Å². The SMILES string of the molecule is Cn1cc(S(=O)(=O)NC2CCN(S(=O)(=O)C3(C)CC3)CC2)c(F)c1C(=O)Nc1ccc(F)c(F)c1. The highest BCUT2D eigenvalue weighted by molar-refractivity contribution is 7.90. The van der Waals surface area contributed by atoms with Crippen molar-refractivity contribution < 1.29 is 34.8 Å². The van der Waals surface area contributed by atoms with Crippen LogP contribution < -0.4 is 10.0 Å². The van der Waals surface area contributed by atoms with Crippen molar-refractivity contribution in [2.75, 3.05) is 18.4 Å². The van der Waals surface area contributed by atoms with Gasteiger partial charge in [0.2, 0.25) is 20.0 Å². The topological polar surface area (TPSA) is 118 Å². The van der Waals surface area contributed by atoms with Gasteiger partial charge in [-0.3, -0.25) is 4.79 Å². The Hall–Kier alpha value is -2.42. The number of hydrogen-bond donors (Lipinski definition) is 2. The average molecular weight is 535 g/mol. The van der Waals surface area contributed by atoms with Crippen LogP contribution in [0, 0.1) is 17.5 Å². The molecule has 0 unspecified atom stereocenters. The van der Waals surface area contributed by atoms with Crippen LogP contribution in [0.5, 0.6) is 0 Å². The molecule has 0 bridgehead atoms. The maximum atomic E-state index is 15.1. The standard InChI is InChI=1S/C21H25F3N4O5S2/c1-21(7-8-21)35(32,33)28-9-5-13(6-10-28)26-34(30,31)17-12-27(2)19(18(17)24)20(29)25-14-3-4-15(22)16(23)11-14/h3-4,11-13,26H,5-10H2,1-2H3,(H,25,29). The number of carbonyl (C=O) groups excluding carboxylic acids is 1. The molecule has 2 fully saturated rings. The second-order valence-electron chi connectivity index (χ2n) is 9.10. The largest absolute Gasteiger partial charge is 0.343 e. The minimum atomic E-state index is -4.38. The zero-order valence-electron chi connectivity index (χ0n) is 19.0. The van der Waals surface area contributed by atoms with Crippen molar-refractivity contribution in [3.63, 3.8) is 0 Å². The van der Waals surface area contributed by atoms with Crippen molar-refractivity contribution >= 4 is 31.6 Å². The summed E-state index contributed by atoms with van der Waals surface area (Å²) >= 11 is 0. The number of halogens is 3. The third-order valence-corrected chi connectivity index (χ3v) is 10.7. The molecule has 2 N–H and O–H groups in total.